The molecule has 0 saturated heterocycles. The maximum atomic E-state index is 12.9. The van der Waals surface area contributed by atoms with E-state index in [1.807, 2.05) is 35.8 Å². The van der Waals surface area contributed by atoms with Crippen LogP contribution in [-0.4, -0.2) is 26.4 Å². The minimum Gasteiger partial charge on any atom is -0.326 e. The van der Waals surface area contributed by atoms with Gasteiger partial charge in [-0.25, -0.2) is 4.39 Å². The molecule has 0 atom stereocenters. The number of aromatic nitrogens is 3. The Balaban J connectivity index is 1.58. The summed E-state index contributed by atoms with van der Waals surface area (Å²) in [6, 6.07) is 13.1. The molecule has 0 aliphatic rings. The normalized spacial score (nSPS) is 10.8. The predicted octanol–water partition coefficient (Wildman–Crippen LogP) is 4.88. The maximum Gasteiger partial charge on any atom is 0.225 e. The van der Waals surface area contributed by atoms with E-state index in [9.17, 15) is 9.18 Å². The van der Waals surface area contributed by atoms with Crippen LogP contribution in [0.5, 0.6) is 0 Å². The van der Waals surface area contributed by atoms with E-state index in [1.165, 1.54) is 36.0 Å². The number of amides is 1. The van der Waals surface area contributed by atoms with E-state index >= 15 is 0 Å². The number of anilines is 1. The third kappa shape index (κ3) is 5.08. The van der Waals surface area contributed by atoms with Gasteiger partial charge >= 0.3 is 0 Å². The van der Waals surface area contributed by atoms with Crippen molar-refractivity contribution >= 4 is 35.0 Å². The zero-order valence-corrected chi connectivity index (χ0v) is 16.2. The number of thioether (sulfide) groups is 1. The minimum atomic E-state index is -0.334. The van der Waals surface area contributed by atoms with Gasteiger partial charge in [0.15, 0.2) is 11.0 Å². The van der Waals surface area contributed by atoms with Crippen molar-refractivity contribution in [1.82, 2.24) is 14.8 Å². The zero-order valence-electron chi connectivity index (χ0n) is 14.7. The number of nitrogens with one attached hydrogen (secondary N) is 1. The van der Waals surface area contributed by atoms with Crippen molar-refractivity contribution in [1.29, 1.82) is 0 Å². The summed E-state index contributed by atoms with van der Waals surface area (Å²) in [5.74, 6) is 0.868. The van der Waals surface area contributed by atoms with Gasteiger partial charge in [-0.2, -0.15) is 0 Å². The molecule has 140 valence electrons. The molecule has 1 amide bonds. The quantitative estimate of drug-likeness (QED) is 0.570. The Hall–Kier alpha value is -2.38. The van der Waals surface area contributed by atoms with E-state index in [0.29, 0.717) is 22.9 Å². The van der Waals surface area contributed by atoms with Crippen molar-refractivity contribution in [2.24, 2.45) is 0 Å². The Kier molecular flexibility index (Phi) is 6.47. The van der Waals surface area contributed by atoms with Crippen LogP contribution in [0.15, 0.2) is 53.7 Å². The Labute approximate surface area is 166 Å². The molecule has 2 aromatic carbocycles. The number of rotatable bonds is 7. The van der Waals surface area contributed by atoms with Crippen molar-refractivity contribution in [3.8, 4) is 11.4 Å². The molecule has 0 spiro atoms. The molecule has 1 aromatic heterocycles. The SMILES string of the molecule is CCn1c(SCCC(=O)Nc2ccc(F)cc2)nnc1-c1ccc(Cl)cc1. The largest absolute Gasteiger partial charge is 0.326 e. The fraction of sp³-hybridized carbons (Fsp3) is 0.211. The van der Waals surface area contributed by atoms with Gasteiger partial charge in [0, 0.05) is 35.0 Å². The summed E-state index contributed by atoms with van der Waals surface area (Å²) >= 11 is 7.41. The summed E-state index contributed by atoms with van der Waals surface area (Å²) < 4.78 is 14.9. The standard InChI is InChI=1S/C19H18ClFN4OS/c1-2-25-18(13-3-5-14(20)6-4-13)23-24-19(25)27-12-11-17(26)22-16-9-7-15(21)8-10-16/h3-10H,2,11-12H2,1H3,(H,22,26). The lowest BCUT2D eigenvalue weighted by Gasteiger charge is -2.08. The molecule has 1 heterocycles. The van der Waals surface area contributed by atoms with Crippen molar-refractivity contribution in [3.05, 3.63) is 59.4 Å². The topological polar surface area (TPSA) is 59.8 Å². The summed E-state index contributed by atoms with van der Waals surface area (Å²) in [4.78, 5) is 12.0. The molecule has 1 N–H and O–H groups in total. The van der Waals surface area contributed by atoms with Gasteiger partial charge in [0.05, 0.1) is 0 Å². The van der Waals surface area contributed by atoms with Gasteiger partial charge in [-0.3, -0.25) is 4.79 Å². The van der Waals surface area contributed by atoms with Crippen molar-refractivity contribution in [3.63, 3.8) is 0 Å². The first-order valence-electron chi connectivity index (χ1n) is 8.44. The average Bonchev–Trinajstić information content (AvgIpc) is 3.07. The van der Waals surface area contributed by atoms with Gasteiger partial charge in [-0.1, -0.05) is 23.4 Å². The average molecular weight is 405 g/mol. The first kappa shape index (κ1) is 19.4. The van der Waals surface area contributed by atoms with Crippen LogP contribution in [0.4, 0.5) is 10.1 Å². The molecule has 0 bridgehead atoms. The maximum absolute atomic E-state index is 12.9. The molecule has 5 nitrogen and oxygen atoms in total. The Bertz CT molecular complexity index is 912. The second-order valence-electron chi connectivity index (χ2n) is 5.71. The fourth-order valence-electron chi connectivity index (χ4n) is 2.48. The van der Waals surface area contributed by atoms with Crippen LogP contribution in [0.3, 0.4) is 0 Å². The second-order valence-corrected chi connectivity index (χ2v) is 7.21. The highest BCUT2D eigenvalue weighted by Crippen LogP contribution is 2.25. The van der Waals surface area contributed by atoms with Gasteiger partial charge in [-0.05, 0) is 55.5 Å². The van der Waals surface area contributed by atoms with E-state index < -0.39 is 0 Å². The molecule has 3 rings (SSSR count). The lowest BCUT2D eigenvalue weighted by atomic mass is 10.2. The lowest BCUT2D eigenvalue weighted by Crippen LogP contribution is -2.12. The third-order valence-electron chi connectivity index (χ3n) is 3.82. The lowest BCUT2D eigenvalue weighted by molar-refractivity contribution is -0.115. The van der Waals surface area contributed by atoms with Gasteiger partial charge in [0.1, 0.15) is 5.82 Å². The van der Waals surface area contributed by atoms with Crippen LogP contribution in [0.2, 0.25) is 5.02 Å². The molecule has 3 aromatic rings. The first-order valence-corrected chi connectivity index (χ1v) is 9.80. The summed E-state index contributed by atoms with van der Waals surface area (Å²) in [6.07, 6.45) is 0.314. The molecule has 0 unspecified atom stereocenters. The van der Waals surface area contributed by atoms with E-state index in [1.54, 1.807) is 0 Å². The van der Waals surface area contributed by atoms with E-state index in [2.05, 4.69) is 15.5 Å². The summed E-state index contributed by atoms with van der Waals surface area (Å²) in [7, 11) is 0. The van der Waals surface area contributed by atoms with Crippen LogP contribution in [-0.2, 0) is 11.3 Å². The summed E-state index contributed by atoms with van der Waals surface area (Å²) in [5, 5.41) is 12.7. The fourth-order valence-corrected chi connectivity index (χ4v) is 3.55. The number of carbonyl (C=O) groups excluding carboxylic acids is 1. The van der Waals surface area contributed by atoms with Crippen LogP contribution < -0.4 is 5.32 Å². The highest BCUT2D eigenvalue weighted by Gasteiger charge is 2.13. The summed E-state index contributed by atoms with van der Waals surface area (Å²) in [5.41, 5.74) is 1.52. The van der Waals surface area contributed by atoms with E-state index in [4.69, 9.17) is 11.6 Å². The smallest absolute Gasteiger partial charge is 0.225 e. The molecular formula is C19H18ClFN4OS. The van der Waals surface area contributed by atoms with Crippen LogP contribution in [0, 0.1) is 5.82 Å². The highest BCUT2D eigenvalue weighted by atomic mass is 35.5. The van der Waals surface area contributed by atoms with Crippen LogP contribution >= 0.6 is 23.4 Å². The van der Waals surface area contributed by atoms with Gasteiger partial charge < -0.3 is 9.88 Å². The highest BCUT2D eigenvalue weighted by molar-refractivity contribution is 7.99. The number of benzene rings is 2. The molecule has 0 aliphatic carbocycles. The molecule has 27 heavy (non-hydrogen) atoms. The van der Waals surface area contributed by atoms with Crippen molar-refractivity contribution in [2.45, 2.75) is 25.0 Å². The minimum absolute atomic E-state index is 0.130. The van der Waals surface area contributed by atoms with Gasteiger partial charge in [0.2, 0.25) is 5.91 Å². The Morgan fingerprint density at radius 2 is 1.85 bits per heavy atom. The predicted molar refractivity (Wildman–Crippen MR) is 107 cm³/mol. The first-order chi connectivity index (χ1) is 13.1. The number of hydrogen-bond acceptors (Lipinski definition) is 4. The van der Waals surface area contributed by atoms with E-state index in [-0.39, 0.29) is 11.7 Å². The van der Waals surface area contributed by atoms with Crippen molar-refractivity contribution in [2.75, 3.05) is 11.1 Å². The molecule has 0 aliphatic heterocycles. The Morgan fingerprint density at radius 1 is 1.15 bits per heavy atom. The second kappa shape index (κ2) is 9.01. The molecule has 0 radical (unpaired) electrons. The monoisotopic (exact) mass is 404 g/mol. The molecular weight excluding hydrogens is 387 g/mol. The van der Waals surface area contributed by atoms with Gasteiger partial charge in [-0.15, -0.1) is 10.2 Å². The van der Waals surface area contributed by atoms with Gasteiger partial charge in [0.25, 0.3) is 0 Å². The Morgan fingerprint density at radius 3 is 2.52 bits per heavy atom. The number of nitrogens with zero attached hydrogens (tertiary/aromatic N) is 3. The summed E-state index contributed by atoms with van der Waals surface area (Å²) in [6.45, 7) is 2.74. The number of hydrogen-bond donors (Lipinski definition) is 1. The van der Waals surface area contributed by atoms with Crippen LogP contribution in [0.1, 0.15) is 13.3 Å². The van der Waals surface area contributed by atoms with Crippen molar-refractivity contribution < 1.29 is 9.18 Å². The molecule has 0 fully saturated rings. The number of halogens is 2. The van der Waals surface area contributed by atoms with Crippen LogP contribution in [0.25, 0.3) is 11.4 Å². The molecule has 0 saturated carbocycles. The van der Waals surface area contributed by atoms with E-state index in [0.717, 1.165) is 23.1 Å². The third-order valence-corrected chi connectivity index (χ3v) is 5.04. The number of carbonyl (C=O) groups is 1. The zero-order chi connectivity index (χ0) is 19.2. The molecule has 8 heteroatoms.